The standard InChI is InChI=1S/C17H16N2O3/c1-19-15(20)17(18-16(19)21,12-7-4-3-5-8-12)13-9-6-10-14(11-13)22-2/h3-11H,1-2H3,(H,18,21). The molecule has 0 aromatic heterocycles. The van der Waals surface area contributed by atoms with Gasteiger partial charge in [-0.15, -0.1) is 0 Å². The van der Waals surface area contributed by atoms with E-state index in [1.165, 1.54) is 7.05 Å². The molecule has 1 N–H and O–H groups in total. The van der Waals surface area contributed by atoms with Crippen molar-refractivity contribution >= 4 is 11.9 Å². The Morgan fingerprint density at radius 2 is 1.68 bits per heavy atom. The molecule has 3 rings (SSSR count). The molecule has 5 nitrogen and oxygen atoms in total. The first kappa shape index (κ1) is 14.1. The van der Waals surface area contributed by atoms with Crippen molar-refractivity contribution in [3.05, 3.63) is 65.7 Å². The van der Waals surface area contributed by atoms with E-state index in [9.17, 15) is 9.59 Å². The van der Waals surface area contributed by atoms with E-state index in [1.54, 1.807) is 25.3 Å². The average molecular weight is 296 g/mol. The summed E-state index contributed by atoms with van der Waals surface area (Å²) in [5.74, 6) is 0.321. The Morgan fingerprint density at radius 3 is 2.27 bits per heavy atom. The number of nitrogens with zero attached hydrogens (tertiary/aromatic N) is 1. The van der Waals surface area contributed by atoms with Crippen LogP contribution in [0.4, 0.5) is 4.79 Å². The third-order valence-corrected chi connectivity index (χ3v) is 3.93. The summed E-state index contributed by atoms with van der Waals surface area (Å²) in [5.41, 5.74) is 0.161. The first-order valence-electron chi connectivity index (χ1n) is 6.90. The van der Waals surface area contributed by atoms with Gasteiger partial charge in [-0.3, -0.25) is 9.69 Å². The van der Waals surface area contributed by atoms with Crippen LogP contribution in [0.1, 0.15) is 11.1 Å². The van der Waals surface area contributed by atoms with Crippen LogP contribution in [0.5, 0.6) is 5.75 Å². The number of nitrogens with one attached hydrogen (secondary N) is 1. The van der Waals surface area contributed by atoms with Crippen LogP contribution in [0.3, 0.4) is 0 Å². The number of carbonyl (C=O) groups is 2. The topological polar surface area (TPSA) is 58.6 Å². The Hall–Kier alpha value is -2.82. The lowest BCUT2D eigenvalue weighted by Gasteiger charge is -2.28. The van der Waals surface area contributed by atoms with E-state index in [4.69, 9.17) is 4.74 Å². The Labute approximate surface area is 128 Å². The van der Waals surface area contributed by atoms with Crippen molar-refractivity contribution in [1.82, 2.24) is 10.2 Å². The first-order valence-corrected chi connectivity index (χ1v) is 6.90. The summed E-state index contributed by atoms with van der Waals surface area (Å²) < 4.78 is 5.25. The molecule has 1 atom stereocenters. The predicted octanol–water partition coefficient (Wildman–Crippen LogP) is 2.12. The Morgan fingerprint density at radius 1 is 1.00 bits per heavy atom. The Kier molecular flexibility index (Phi) is 3.33. The fraction of sp³-hybridized carbons (Fsp3) is 0.176. The van der Waals surface area contributed by atoms with Gasteiger partial charge >= 0.3 is 6.03 Å². The number of urea groups is 1. The lowest BCUT2D eigenvalue weighted by Crippen LogP contribution is -2.44. The highest BCUT2D eigenvalue weighted by molar-refractivity contribution is 6.09. The van der Waals surface area contributed by atoms with Crippen LogP contribution in [-0.4, -0.2) is 31.0 Å². The van der Waals surface area contributed by atoms with E-state index in [0.717, 1.165) is 4.90 Å². The average Bonchev–Trinajstić information content (AvgIpc) is 2.81. The maximum atomic E-state index is 12.8. The molecule has 0 aliphatic carbocycles. The van der Waals surface area contributed by atoms with Gasteiger partial charge in [0.1, 0.15) is 5.75 Å². The van der Waals surface area contributed by atoms with E-state index in [0.29, 0.717) is 16.9 Å². The second-order valence-electron chi connectivity index (χ2n) is 5.14. The second-order valence-corrected chi connectivity index (χ2v) is 5.14. The van der Waals surface area contributed by atoms with Crippen molar-refractivity contribution in [2.45, 2.75) is 5.54 Å². The quantitative estimate of drug-likeness (QED) is 0.883. The van der Waals surface area contributed by atoms with Gasteiger partial charge in [-0.05, 0) is 23.3 Å². The lowest BCUT2D eigenvalue weighted by molar-refractivity contribution is -0.129. The third kappa shape index (κ3) is 1.94. The normalized spacial score (nSPS) is 20.9. The Balaban J connectivity index is 2.24. The summed E-state index contributed by atoms with van der Waals surface area (Å²) >= 11 is 0. The molecule has 1 aliphatic heterocycles. The fourth-order valence-corrected chi connectivity index (χ4v) is 2.74. The summed E-state index contributed by atoms with van der Waals surface area (Å²) in [6.07, 6.45) is 0. The molecule has 2 aromatic rings. The van der Waals surface area contributed by atoms with Gasteiger partial charge in [0.25, 0.3) is 5.91 Å². The van der Waals surface area contributed by atoms with E-state index in [1.807, 2.05) is 36.4 Å². The van der Waals surface area contributed by atoms with Gasteiger partial charge in [0.05, 0.1) is 7.11 Å². The van der Waals surface area contributed by atoms with Crippen molar-refractivity contribution in [3.8, 4) is 5.75 Å². The van der Waals surface area contributed by atoms with Crippen LogP contribution in [0.2, 0.25) is 0 Å². The maximum Gasteiger partial charge on any atom is 0.325 e. The van der Waals surface area contributed by atoms with Crippen LogP contribution in [0.25, 0.3) is 0 Å². The van der Waals surface area contributed by atoms with E-state index in [-0.39, 0.29) is 5.91 Å². The van der Waals surface area contributed by atoms with Gasteiger partial charge in [0.15, 0.2) is 5.54 Å². The monoisotopic (exact) mass is 296 g/mol. The number of hydrogen-bond acceptors (Lipinski definition) is 3. The van der Waals surface area contributed by atoms with Gasteiger partial charge in [-0.25, -0.2) is 4.79 Å². The number of likely N-dealkylation sites (N-methyl/N-ethyl adjacent to an activating group) is 1. The maximum absolute atomic E-state index is 12.8. The number of rotatable bonds is 3. The van der Waals surface area contributed by atoms with Crippen LogP contribution in [-0.2, 0) is 10.3 Å². The molecule has 2 aromatic carbocycles. The van der Waals surface area contributed by atoms with Gasteiger partial charge in [0, 0.05) is 7.05 Å². The van der Waals surface area contributed by atoms with Crippen molar-refractivity contribution in [1.29, 1.82) is 0 Å². The molecule has 1 heterocycles. The molecular formula is C17H16N2O3. The molecule has 5 heteroatoms. The lowest BCUT2D eigenvalue weighted by atomic mass is 9.82. The number of benzene rings is 2. The molecule has 0 spiro atoms. The van der Waals surface area contributed by atoms with Crippen molar-refractivity contribution in [2.75, 3.05) is 14.2 Å². The highest BCUT2D eigenvalue weighted by Gasteiger charge is 2.52. The van der Waals surface area contributed by atoms with Crippen LogP contribution >= 0.6 is 0 Å². The second kappa shape index (κ2) is 5.18. The summed E-state index contributed by atoms with van der Waals surface area (Å²) in [6, 6.07) is 16.0. The van der Waals surface area contributed by atoms with Crippen LogP contribution in [0.15, 0.2) is 54.6 Å². The van der Waals surface area contributed by atoms with Gasteiger partial charge in [0.2, 0.25) is 0 Å². The molecule has 0 saturated carbocycles. The van der Waals surface area contributed by atoms with Crippen LogP contribution in [0, 0.1) is 0 Å². The molecule has 3 amide bonds. The summed E-state index contributed by atoms with van der Waals surface area (Å²) in [6.45, 7) is 0. The largest absolute Gasteiger partial charge is 0.497 e. The molecule has 0 bridgehead atoms. The number of carbonyl (C=O) groups excluding carboxylic acids is 2. The molecule has 1 unspecified atom stereocenters. The van der Waals surface area contributed by atoms with Gasteiger partial charge < -0.3 is 10.1 Å². The van der Waals surface area contributed by atoms with Crippen LogP contribution < -0.4 is 10.1 Å². The minimum atomic E-state index is -1.22. The predicted molar refractivity (Wildman–Crippen MR) is 81.5 cm³/mol. The zero-order valence-corrected chi connectivity index (χ0v) is 12.4. The van der Waals surface area contributed by atoms with Crippen molar-refractivity contribution in [2.24, 2.45) is 0 Å². The minimum Gasteiger partial charge on any atom is -0.497 e. The van der Waals surface area contributed by atoms with Gasteiger partial charge in [-0.1, -0.05) is 42.5 Å². The zero-order chi connectivity index (χ0) is 15.7. The number of hydrogen-bond donors (Lipinski definition) is 1. The first-order chi connectivity index (χ1) is 10.6. The molecule has 22 heavy (non-hydrogen) atoms. The minimum absolute atomic E-state index is 0.308. The van der Waals surface area contributed by atoms with E-state index >= 15 is 0 Å². The summed E-state index contributed by atoms with van der Waals surface area (Å²) in [5, 5.41) is 2.83. The number of ether oxygens (including phenoxy) is 1. The molecular weight excluding hydrogens is 280 g/mol. The smallest absolute Gasteiger partial charge is 0.325 e. The molecule has 1 saturated heterocycles. The van der Waals surface area contributed by atoms with Gasteiger partial charge in [-0.2, -0.15) is 0 Å². The van der Waals surface area contributed by atoms with Crippen molar-refractivity contribution in [3.63, 3.8) is 0 Å². The Bertz CT molecular complexity index is 730. The highest BCUT2D eigenvalue weighted by Crippen LogP contribution is 2.36. The third-order valence-electron chi connectivity index (χ3n) is 3.93. The number of methoxy groups -OCH3 is 1. The molecule has 1 fully saturated rings. The molecule has 0 radical (unpaired) electrons. The van der Waals surface area contributed by atoms with E-state index < -0.39 is 11.6 Å². The summed E-state index contributed by atoms with van der Waals surface area (Å²) in [4.78, 5) is 26.0. The number of imide groups is 1. The SMILES string of the molecule is COc1cccc(C2(c3ccccc3)NC(=O)N(C)C2=O)c1. The highest BCUT2D eigenvalue weighted by atomic mass is 16.5. The zero-order valence-electron chi connectivity index (χ0n) is 12.4. The molecule has 1 aliphatic rings. The van der Waals surface area contributed by atoms with E-state index in [2.05, 4.69) is 5.32 Å². The molecule has 112 valence electrons. The number of amides is 3. The van der Waals surface area contributed by atoms with Crippen molar-refractivity contribution < 1.29 is 14.3 Å². The fourth-order valence-electron chi connectivity index (χ4n) is 2.74. The summed E-state index contributed by atoms with van der Waals surface area (Å²) in [7, 11) is 3.04.